The van der Waals surface area contributed by atoms with E-state index in [1.54, 1.807) is 18.4 Å². The number of carbonyl (C=O) groups is 1. The van der Waals surface area contributed by atoms with Crippen molar-refractivity contribution in [1.82, 2.24) is 24.8 Å². The van der Waals surface area contributed by atoms with Gasteiger partial charge in [0, 0.05) is 52.4 Å². The Labute approximate surface area is 257 Å². The zero-order valence-corrected chi connectivity index (χ0v) is 26.3. The van der Waals surface area contributed by atoms with Gasteiger partial charge in [0.05, 0.1) is 21.8 Å². The first-order valence-corrected chi connectivity index (χ1v) is 15.9. The molecule has 0 bridgehead atoms. The Bertz CT molecular complexity index is 1480. The number of thiazole rings is 1. The SMILES string of the molecule is COC1CCCC(C(=O)N(C)CCCN(C)c2nc(NCC(C)c3ccccc3)nc(Nc3ccc4ncsc4c3)n2)C1. The van der Waals surface area contributed by atoms with Crippen LogP contribution in [0.5, 0.6) is 0 Å². The second-order valence-electron chi connectivity index (χ2n) is 11.4. The van der Waals surface area contributed by atoms with E-state index < -0.39 is 0 Å². The number of hydrogen-bond acceptors (Lipinski definition) is 10. The summed E-state index contributed by atoms with van der Waals surface area (Å²) in [5, 5.41) is 6.79. The Morgan fingerprint density at radius 1 is 1.07 bits per heavy atom. The van der Waals surface area contributed by atoms with Gasteiger partial charge in [0.2, 0.25) is 23.8 Å². The van der Waals surface area contributed by atoms with E-state index >= 15 is 0 Å². The first-order chi connectivity index (χ1) is 20.9. The fraction of sp³-hybridized carbons (Fsp3) is 0.469. The lowest BCUT2D eigenvalue weighted by Crippen LogP contribution is -2.38. The molecule has 10 nitrogen and oxygen atoms in total. The molecule has 1 amide bonds. The van der Waals surface area contributed by atoms with Gasteiger partial charge in [-0.15, -0.1) is 11.3 Å². The van der Waals surface area contributed by atoms with E-state index in [9.17, 15) is 4.79 Å². The van der Waals surface area contributed by atoms with Gasteiger partial charge < -0.3 is 25.2 Å². The topological polar surface area (TPSA) is 108 Å². The molecule has 11 heteroatoms. The molecule has 2 N–H and O–H groups in total. The van der Waals surface area contributed by atoms with Crippen molar-refractivity contribution in [3.05, 3.63) is 59.6 Å². The van der Waals surface area contributed by atoms with Crippen LogP contribution in [0, 0.1) is 5.92 Å². The van der Waals surface area contributed by atoms with E-state index in [1.807, 2.05) is 47.6 Å². The van der Waals surface area contributed by atoms with Crippen LogP contribution in [0.15, 0.2) is 54.0 Å². The maximum atomic E-state index is 13.1. The highest BCUT2D eigenvalue weighted by Gasteiger charge is 2.29. The summed E-state index contributed by atoms with van der Waals surface area (Å²) in [7, 11) is 5.62. The number of carbonyl (C=O) groups excluding carboxylic acids is 1. The third-order valence-electron chi connectivity index (χ3n) is 8.16. The smallest absolute Gasteiger partial charge is 0.233 e. The number of benzene rings is 2. The maximum Gasteiger partial charge on any atom is 0.233 e. The monoisotopic (exact) mass is 602 g/mol. The molecule has 1 aliphatic carbocycles. The molecule has 43 heavy (non-hydrogen) atoms. The van der Waals surface area contributed by atoms with Crippen molar-refractivity contribution in [2.75, 3.05) is 56.4 Å². The van der Waals surface area contributed by atoms with Crippen molar-refractivity contribution in [1.29, 1.82) is 0 Å². The van der Waals surface area contributed by atoms with E-state index in [0.717, 1.165) is 48.0 Å². The number of nitrogens with zero attached hydrogens (tertiary/aromatic N) is 6. The fourth-order valence-electron chi connectivity index (χ4n) is 5.53. The van der Waals surface area contributed by atoms with Gasteiger partial charge in [0.25, 0.3) is 0 Å². The standard InChI is InChI=1S/C32H42N8O2S/c1-22(23-10-6-5-7-11-23)20-33-30-36-31(35-25-14-15-27-28(19-25)43-21-34-27)38-32(37-30)40(3)17-9-16-39(2)29(41)24-12-8-13-26(18-24)42-4/h5-7,10-11,14-15,19,21-22,24,26H,8-9,12-13,16-18,20H2,1-4H3,(H2,33,35,36,37,38). The van der Waals surface area contributed by atoms with Gasteiger partial charge in [-0.2, -0.15) is 15.0 Å². The molecule has 3 unspecified atom stereocenters. The summed E-state index contributed by atoms with van der Waals surface area (Å²) in [6, 6.07) is 16.4. The Morgan fingerprint density at radius 3 is 2.70 bits per heavy atom. The number of fused-ring (bicyclic) bond motifs is 1. The van der Waals surface area contributed by atoms with Crippen LogP contribution in [0.25, 0.3) is 10.2 Å². The Hall–Kier alpha value is -3.83. The van der Waals surface area contributed by atoms with E-state index in [0.29, 0.717) is 37.5 Å². The van der Waals surface area contributed by atoms with Gasteiger partial charge in [-0.3, -0.25) is 4.79 Å². The van der Waals surface area contributed by atoms with Crippen LogP contribution in [0.2, 0.25) is 0 Å². The summed E-state index contributed by atoms with van der Waals surface area (Å²) in [4.78, 5) is 35.5. The first-order valence-electron chi connectivity index (χ1n) is 15.0. The number of hydrogen-bond donors (Lipinski definition) is 2. The van der Waals surface area contributed by atoms with Crippen molar-refractivity contribution < 1.29 is 9.53 Å². The van der Waals surface area contributed by atoms with E-state index in [4.69, 9.17) is 19.7 Å². The minimum absolute atomic E-state index is 0.0506. The number of aromatic nitrogens is 4. The highest BCUT2D eigenvalue weighted by atomic mass is 32.1. The molecule has 1 fully saturated rings. The number of ether oxygens (including phenoxy) is 1. The highest BCUT2D eigenvalue weighted by molar-refractivity contribution is 7.16. The molecule has 0 spiro atoms. The number of anilines is 4. The van der Waals surface area contributed by atoms with Gasteiger partial charge in [0.15, 0.2) is 0 Å². The Morgan fingerprint density at radius 2 is 1.88 bits per heavy atom. The first kappa shape index (κ1) is 30.6. The van der Waals surface area contributed by atoms with Crippen molar-refractivity contribution >= 4 is 51.0 Å². The molecule has 0 radical (unpaired) electrons. The lowest BCUT2D eigenvalue weighted by Gasteiger charge is -2.30. The Kier molecular flexibility index (Phi) is 10.4. The summed E-state index contributed by atoms with van der Waals surface area (Å²) >= 11 is 1.60. The van der Waals surface area contributed by atoms with Crippen LogP contribution in [-0.2, 0) is 9.53 Å². The normalized spacial score (nSPS) is 17.4. The number of nitrogens with one attached hydrogen (secondary N) is 2. The van der Waals surface area contributed by atoms with Gasteiger partial charge in [0.1, 0.15) is 0 Å². The van der Waals surface area contributed by atoms with Crippen LogP contribution in [-0.4, -0.2) is 77.7 Å². The molecule has 2 aromatic heterocycles. The number of methoxy groups -OCH3 is 1. The molecular weight excluding hydrogens is 560 g/mol. The van der Waals surface area contributed by atoms with Gasteiger partial charge in [-0.25, -0.2) is 4.98 Å². The largest absolute Gasteiger partial charge is 0.381 e. The van der Waals surface area contributed by atoms with Crippen LogP contribution in [0.3, 0.4) is 0 Å². The van der Waals surface area contributed by atoms with Crippen molar-refractivity contribution in [2.24, 2.45) is 5.92 Å². The average molecular weight is 603 g/mol. The lowest BCUT2D eigenvalue weighted by molar-refractivity contribution is -0.136. The third-order valence-corrected chi connectivity index (χ3v) is 8.95. The second-order valence-corrected chi connectivity index (χ2v) is 12.3. The lowest BCUT2D eigenvalue weighted by atomic mass is 9.86. The third kappa shape index (κ3) is 8.17. The number of rotatable bonds is 13. The average Bonchev–Trinajstić information content (AvgIpc) is 3.51. The van der Waals surface area contributed by atoms with Crippen LogP contribution in [0.4, 0.5) is 23.5 Å². The fourth-order valence-corrected chi connectivity index (χ4v) is 6.24. The molecule has 0 aliphatic heterocycles. The zero-order valence-electron chi connectivity index (χ0n) is 25.5. The summed E-state index contributed by atoms with van der Waals surface area (Å²) in [5.74, 6) is 2.09. The van der Waals surface area contributed by atoms with Crippen LogP contribution < -0.4 is 15.5 Å². The Balaban J connectivity index is 1.25. The van der Waals surface area contributed by atoms with E-state index in [2.05, 4.69) is 52.9 Å². The molecular formula is C32H42N8O2S. The minimum Gasteiger partial charge on any atom is -0.381 e. The van der Waals surface area contributed by atoms with E-state index in [1.165, 1.54) is 5.56 Å². The molecule has 1 saturated carbocycles. The predicted molar refractivity (Wildman–Crippen MR) is 174 cm³/mol. The van der Waals surface area contributed by atoms with Crippen molar-refractivity contribution in [3.63, 3.8) is 0 Å². The quantitative estimate of drug-likeness (QED) is 0.192. The minimum atomic E-state index is 0.0506. The van der Waals surface area contributed by atoms with Crippen molar-refractivity contribution in [2.45, 2.75) is 51.0 Å². The molecule has 5 rings (SSSR count). The van der Waals surface area contributed by atoms with Crippen molar-refractivity contribution in [3.8, 4) is 0 Å². The molecule has 1 aliphatic rings. The number of amides is 1. The molecule has 228 valence electrons. The molecule has 2 heterocycles. The van der Waals surface area contributed by atoms with E-state index in [-0.39, 0.29) is 23.8 Å². The maximum absolute atomic E-state index is 13.1. The molecule has 4 aromatic rings. The van der Waals surface area contributed by atoms with Gasteiger partial charge >= 0.3 is 0 Å². The van der Waals surface area contributed by atoms with Gasteiger partial charge in [-0.1, -0.05) is 43.7 Å². The summed E-state index contributed by atoms with van der Waals surface area (Å²) < 4.78 is 6.62. The molecule has 0 saturated heterocycles. The van der Waals surface area contributed by atoms with Crippen LogP contribution >= 0.6 is 11.3 Å². The predicted octanol–water partition coefficient (Wildman–Crippen LogP) is 5.93. The highest BCUT2D eigenvalue weighted by Crippen LogP contribution is 2.28. The zero-order chi connectivity index (χ0) is 30.2. The summed E-state index contributed by atoms with van der Waals surface area (Å²) in [6.45, 7) is 4.23. The van der Waals surface area contributed by atoms with Crippen LogP contribution in [0.1, 0.15) is 50.5 Å². The molecule has 2 aromatic carbocycles. The molecule has 3 atom stereocenters. The van der Waals surface area contributed by atoms with Gasteiger partial charge in [-0.05, 0) is 55.4 Å². The summed E-state index contributed by atoms with van der Waals surface area (Å²) in [6.07, 6.45) is 4.83. The summed E-state index contributed by atoms with van der Waals surface area (Å²) in [5.41, 5.74) is 4.95. The second kappa shape index (κ2) is 14.6.